The first-order valence-corrected chi connectivity index (χ1v) is 15.2. The van der Waals surface area contributed by atoms with Gasteiger partial charge in [-0.05, 0) is 99.7 Å². The fraction of sp³-hybridized carbons (Fsp3) is 0.595. The summed E-state index contributed by atoms with van der Waals surface area (Å²) in [5.74, 6) is 1.21. The number of carbonyl (C=O) groups is 1. The van der Waals surface area contributed by atoms with Gasteiger partial charge in [0.05, 0.1) is 5.41 Å². The zero-order valence-electron chi connectivity index (χ0n) is 28.1. The van der Waals surface area contributed by atoms with Crippen molar-refractivity contribution in [2.45, 2.75) is 121 Å². The van der Waals surface area contributed by atoms with Gasteiger partial charge in [0.1, 0.15) is 17.0 Å². The van der Waals surface area contributed by atoms with Gasteiger partial charge in [-0.2, -0.15) is 0 Å². The van der Waals surface area contributed by atoms with Gasteiger partial charge >= 0.3 is 5.97 Å². The van der Waals surface area contributed by atoms with Gasteiger partial charge in [-0.25, -0.2) is 0 Å². The third-order valence-electron chi connectivity index (χ3n) is 8.11. The monoisotopic (exact) mass is 561 g/mol. The van der Waals surface area contributed by atoms with Gasteiger partial charge in [-0.15, -0.1) is 0 Å². The minimum absolute atomic E-state index is 0.00287. The first-order chi connectivity index (χ1) is 18.6. The van der Waals surface area contributed by atoms with Crippen LogP contribution in [0.25, 0.3) is 22.2 Å². The summed E-state index contributed by atoms with van der Waals surface area (Å²) in [5, 5.41) is 1.26. The molecule has 0 amide bonds. The van der Waals surface area contributed by atoms with Gasteiger partial charge in [0.2, 0.25) is 0 Å². The molecule has 0 aliphatic rings. The van der Waals surface area contributed by atoms with Crippen LogP contribution in [-0.2, 0) is 16.1 Å². The van der Waals surface area contributed by atoms with E-state index in [1.54, 1.807) is 0 Å². The van der Waals surface area contributed by atoms with Crippen LogP contribution < -0.4 is 4.74 Å². The topological polar surface area (TPSA) is 40.5 Å². The predicted octanol–water partition coefficient (Wildman–Crippen LogP) is 10.3. The van der Waals surface area contributed by atoms with Crippen molar-refractivity contribution < 1.29 is 14.3 Å². The van der Waals surface area contributed by atoms with Crippen LogP contribution in [0.5, 0.6) is 5.75 Å². The second-order valence-electron chi connectivity index (χ2n) is 16.1. The van der Waals surface area contributed by atoms with Crippen LogP contribution in [0.15, 0.2) is 54.6 Å². The Labute approximate surface area is 249 Å². The van der Waals surface area contributed by atoms with E-state index in [1.807, 2.05) is 26.0 Å². The standard InChI is InChI=1S/C37H55NO3/c1-26(2)23-38-30-17-15-14-16-28(30)22-31(38)27-18-20-29(21-19-27)40-35(9,10)25-36(11,12)41-32(39)37(13,34(6,7)8)24-33(3,4)5/h14-22,26H,23-25H2,1-13H3. The number of ether oxygens (including phenoxy) is 2. The molecule has 0 fully saturated rings. The third kappa shape index (κ3) is 8.17. The Morgan fingerprint density at radius 3 is 1.90 bits per heavy atom. The lowest BCUT2D eigenvalue weighted by Gasteiger charge is -2.45. The largest absolute Gasteiger partial charge is 0.488 e. The highest BCUT2D eigenvalue weighted by Gasteiger charge is 2.49. The Morgan fingerprint density at radius 1 is 0.780 bits per heavy atom. The maximum Gasteiger partial charge on any atom is 0.312 e. The molecule has 0 radical (unpaired) electrons. The van der Waals surface area contributed by atoms with Crippen molar-refractivity contribution >= 4 is 16.9 Å². The molecule has 0 saturated carbocycles. The normalized spacial score (nSPS) is 14.8. The average Bonchev–Trinajstić information content (AvgIpc) is 3.14. The van der Waals surface area contributed by atoms with Crippen LogP contribution in [0.4, 0.5) is 0 Å². The predicted molar refractivity (Wildman–Crippen MR) is 173 cm³/mol. The molecule has 2 aromatic carbocycles. The highest BCUT2D eigenvalue weighted by atomic mass is 16.6. The first-order valence-electron chi connectivity index (χ1n) is 15.2. The molecule has 1 aromatic heterocycles. The molecule has 0 saturated heterocycles. The van der Waals surface area contributed by atoms with Crippen molar-refractivity contribution in [1.82, 2.24) is 4.57 Å². The number of carbonyl (C=O) groups excluding carboxylic acids is 1. The Balaban J connectivity index is 1.77. The van der Waals surface area contributed by atoms with Gasteiger partial charge in [-0.3, -0.25) is 4.79 Å². The van der Waals surface area contributed by atoms with Crippen molar-refractivity contribution in [3.63, 3.8) is 0 Å². The quantitative estimate of drug-likeness (QED) is 0.231. The average molecular weight is 562 g/mol. The van der Waals surface area contributed by atoms with Gasteiger partial charge < -0.3 is 14.0 Å². The van der Waals surface area contributed by atoms with Crippen LogP contribution in [0.2, 0.25) is 0 Å². The Hall–Kier alpha value is -2.75. The fourth-order valence-corrected chi connectivity index (χ4v) is 6.19. The maximum absolute atomic E-state index is 13.7. The molecule has 0 N–H and O–H groups in total. The van der Waals surface area contributed by atoms with Crippen LogP contribution in [0.3, 0.4) is 0 Å². The molecule has 41 heavy (non-hydrogen) atoms. The minimum atomic E-state index is -0.692. The Bertz CT molecular complexity index is 1330. The number of hydrogen-bond donors (Lipinski definition) is 0. The number of rotatable bonds is 10. The molecule has 1 atom stereocenters. The molecule has 0 aliphatic heterocycles. The number of esters is 1. The third-order valence-corrected chi connectivity index (χ3v) is 8.11. The lowest BCUT2D eigenvalue weighted by atomic mass is 9.61. The van der Waals surface area contributed by atoms with Gasteiger partial charge in [0, 0.05) is 29.6 Å². The lowest BCUT2D eigenvalue weighted by Crippen LogP contribution is -2.48. The van der Waals surface area contributed by atoms with Crippen molar-refractivity contribution in [3.8, 4) is 17.0 Å². The molecule has 0 spiro atoms. The van der Waals surface area contributed by atoms with Gasteiger partial charge in [0.15, 0.2) is 0 Å². The van der Waals surface area contributed by atoms with E-state index in [0.29, 0.717) is 12.3 Å². The first kappa shape index (κ1) is 32.8. The number of hydrogen-bond acceptors (Lipinski definition) is 3. The van der Waals surface area contributed by atoms with Crippen molar-refractivity contribution in [1.29, 1.82) is 0 Å². The van der Waals surface area contributed by atoms with Crippen LogP contribution in [0.1, 0.15) is 103 Å². The number of para-hydroxylation sites is 1. The van der Waals surface area contributed by atoms with Gasteiger partial charge in [0.25, 0.3) is 0 Å². The second-order valence-corrected chi connectivity index (χ2v) is 16.1. The summed E-state index contributed by atoms with van der Waals surface area (Å²) in [6.45, 7) is 28.6. The summed E-state index contributed by atoms with van der Waals surface area (Å²) >= 11 is 0. The summed E-state index contributed by atoms with van der Waals surface area (Å²) in [4.78, 5) is 13.7. The fourth-order valence-electron chi connectivity index (χ4n) is 6.19. The zero-order valence-corrected chi connectivity index (χ0v) is 28.1. The SMILES string of the molecule is CC(C)Cn1c(-c2ccc(OC(C)(C)CC(C)(C)OC(=O)C(C)(CC(C)(C)C)C(C)(C)C)cc2)cc2ccccc21. The molecule has 0 bridgehead atoms. The maximum atomic E-state index is 13.7. The van der Waals surface area contributed by atoms with E-state index in [0.717, 1.165) is 18.7 Å². The molecule has 226 valence electrons. The number of aromatic nitrogens is 1. The number of fused-ring (bicyclic) bond motifs is 1. The highest BCUT2D eigenvalue weighted by molar-refractivity contribution is 5.87. The van der Waals surface area contributed by atoms with E-state index >= 15 is 0 Å². The lowest BCUT2D eigenvalue weighted by molar-refractivity contribution is -0.181. The van der Waals surface area contributed by atoms with Crippen molar-refractivity contribution in [2.24, 2.45) is 22.2 Å². The Morgan fingerprint density at radius 2 is 1.37 bits per heavy atom. The molecule has 3 aromatic rings. The summed E-state index contributed by atoms with van der Waals surface area (Å²) in [5.41, 5.74) is 1.58. The minimum Gasteiger partial charge on any atom is -0.488 e. The Kier molecular flexibility index (Phi) is 9.19. The summed E-state index contributed by atoms with van der Waals surface area (Å²) in [6.07, 6.45) is 1.31. The van der Waals surface area contributed by atoms with E-state index in [4.69, 9.17) is 9.47 Å². The van der Waals surface area contributed by atoms with Crippen LogP contribution in [-0.4, -0.2) is 21.7 Å². The summed E-state index contributed by atoms with van der Waals surface area (Å²) < 4.78 is 15.2. The highest BCUT2D eigenvalue weighted by Crippen LogP contribution is 2.48. The van der Waals surface area contributed by atoms with Gasteiger partial charge in [-0.1, -0.05) is 73.6 Å². The molecule has 0 aliphatic carbocycles. The van der Waals surface area contributed by atoms with E-state index in [2.05, 4.69) is 123 Å². The van der Waals surface area contributed by atoms with Crippen molar-refractivity contribution in [3.05, 3.63) is 54.6 Å². The van der Waals surface area contributed by atoms with Crippen LogP contribution >= 0.6 is 0 Å². The van der Waals surface area contributed by atoms with E-state index in [-0.39, 0.29) is 16.8 Å². The van der Waals surface area contributed by atoms with E-state index in [9.17, 15) is 4.79 Å². The number of benzene rings is 2. The molecular formula is C37H55NO3. The van der Waals surface area contributed by atoms with Crippen LogP contribution in [0, 0.1) is 22.2 Å². The number of nitrogens with zero attached hydrogens (tertiary/aromatic N) is 1. The molecule has 3 rings (SSSR count). The van der Waals surface area contributed by atoms with E-state index in [1.165, 1.54) is 22.2 Å². The zero-order chi connectivity index (χ0) is 31.0. The van der Waals surface area contributed by atoms with Crippen molar-refractivity contribution in [2.75, 3.05) is 0 Å². The molecule has 1 unspecified atom stereocenters. The van der Waals surface area contributed by atoms with E-state index < -0.39 is 16.6 Å². The second kappa shape index (κ2) is 11.5. The summed E-state index contributed by atoms with van der Waals surface area (Å²) in [6, 6.07) is 19.2. The smallest absolute Gasteiger partial charge is 0.312 e. The molecule has 4 heteroatoms. The summed E-state index contributed by atoms with van der Waals surface area (Å²) in [7, 11) is 0. The molecule has 1 heterocycles. The molecular weight excluding hydrogens is 506 g/mol. The molecule has 4 nitrogen and oxygen atoms in total.